The smallest absolute Gasteiger partial charge is 0.309 e. The molecule has 0 heterocycles. The first kappa shape index (κ1) is 15.2. The van der Waals surface area contributed by atoms with Crippen molar-refractivity contribution in [1.82, 2.24) is 0 Å². The first-order chi connectivity index (χ1) is 8.18. The molecule has 0 aromatic rings. The van der Waals surface area contributed by atoms with Gasteiger partial charge in [0, 0.05) is 5.41 Å². The van der Waals surface area contributed by atoms with Crippen LogP contribution >= 0.6 is 0 Å². The predicted octanol–water partition coefficient (Wildman–Crippen LogP) is 3.07. The Balaban J connectivity index is 2.51. The number of carbonyl (C=O) groups excluding carboxylic acids is 1. The van der Waals surface area contributed by atoms with E-state index in [1.165, 1.54) is 5.57 Å². The maximum absolute atomic E-state index is 12.0. The summed E-state index contributed by atoms with van der Waals surface area (Å²) >= 11 is 0. The van der Waals surface area contributed by atoms with Crippen molar-refractivity contribution in [3.05, 3.63) is 11.6 Å². The van der Waals surface area contributed by atoms with Crippen molar-refractivity contribution in [3.8, 4) is 0 Å². The van der Waals surface area contributed by atoms with E-state index in [1.54, 1.807) is 0 Å². The number of hydrogen-bond donors (Lipinski definition) is 1. The molecule has 0 aromatic carbocycles. The molecule has 0 radical (unpaired) electrons. The number of esters is 1. The van der Waals surface area contributed by atoms with Crippen molar-refractivity contribution in [2.45, 2.75) is 59.5 Å². The molecule has 1 aliphatic carbocycles. The Morgan fingerprint density at radius 2 is 2.00 bits per heavy atom. The average Bonchev–Trinajstić information content (AvgIpc) is 2.43. The fourth-order valence-corrected chi connectivity index (χ4v) is 2.50. The average molecular weight is 254 g/mol. The van der Waals surface area contributed by atoms with E-state index in [1.807, 2.05) is 34.6 Å². The molecule has 18 heavy (non-hydrogen) atoms. The Kier molecular flexibility index (Phi) is 4.60. The Bertz CT molecular complexity index is 336. The molecule has 0 saturated heterocycles. The third kappa shape index (κ3) is 3.14. The van der Waals surface area contributed by atoms with Crippen LogP contribution < -0.4 is 0 Å². The molecule has 2 atom stereocenters. The molecule has 1 saturated carbocycles. The molecule has 0 bridgehead atoms. The molecule has 0 spiro atoms. The SMILES string of the molecule is CC(C)=CCCOC(=O)C1CCC(C)(O)C1(C)C. The quantitative estimate of drug-likeness (QED) is 0.476. The van der Waals surface area contributed by atoms with Gasteiger partial charge in [-0.05, 0) is 40.0 Å². The van der Waals surface area contributed by atoms with E-state index < -0.39 is 11.0 Å². The summed E-state index contributed by atoms with van der Waals surface area (Å²) in [6, 6.07) is 0. The van der Waals surface area contributed by atoms with Crippen LogP contribution in [0, 0.1) is 11.3 Å². The van der Waals surface area contributed by atoms with Crippen LogP contribution in [0.2, 0.25) is 0 Å². The maximum atomic E-state index is 12.0. The topological polar surface area (TPSA) is 46.5 Å². The number of allylic oxidation sites excluding steroid dienone is 1. The fraction of sp³-hybridized carbons (Fsp3) is 0.800. The molecule has 0 aromatic heterocycles. The van der Waals surface area contributed by atoms with Crippen LogP contribution in [0.15, 0.2) is 11.6 Å². The highest BCUT2D eigenvalue weighted by atomic mass is 16.5. The van der Waals surface area contributed by atoms with Gasteiger partial charge in [0.05, 0.1) is 18.1 Å². The molecule has 1 rings (SSSR count). The van der Waals surface area contributed by atoms with E-state index >= 15 is 0 Å². The van der Waals surface area contributed by atoms with Gasteiger partial charge in [0.15, 0.2) is 0 Å². The number of hydrogen-bond acceptors (Lipinski definition) is 3. The molecule has 1 N–H and O–H groups in total. The fourth-order valence-electron chi connectivity index (χ4n) is 2.50. The van der Waals surface area contributed by atoms with Crippen LogP contribution in [-0.4, -0.2) is 23.3 Å². The van der Waals surface area contributed by atoms with Crippen molar-refractivity contribution in [1.29, 1.82) is 0 Å². The molecule has 104 valence electrons. The van der Waals surface area contributed by atoms with Gasteiger partial charge >= 0.3 is 5.97 Å². The van der Waals surface area contributed by atoms with Crippen molar-refractivity contribution < 1.29 is 14.6 Å². The summed E-state index contributed by atoms with van der Waals surface area (Å²) in [5.74, 6) is -0.362. The van der Waals surface area contributed by atoms with Crippen LogP contribution in [0.1, 0.15) is 53.9 Å². The lowest BCUT2D eigenvalue weighted by molar-refractivity contribution is -0.155. The maximum Gasteiger partial charge on any atom is 0.309 e. The number of carbonyl (C=O) groups is 1. The Morgan fingerprint density at radius 1 is 1.39 bits per heavy atom. The minimum Gasteiger partial charge on any atom is -0.465 e. The van der Waals surface area contributed by atoms with Gasteiger partial charge in [0.1, 0.15) is 0 Å². The highest BCUT2D eigenvalue weighted by molar-refractivity contribution is 5.74. The van der Waals surface area contributed by atoms with E-state index in [-0.39, 0.29) is 11.9 Å². The van der Waals surface area contributed by atoms with Crippen LogP contribution in [-0.2, 0) is 9.53 Å². The first-order valence-electron chi connectivity index (χ1n) is 6.71. The third-order valence-corrected chi connectivity index (χ3v) is 4.38. The highest BCUT2D eigenvalue weighted by Crippen LogP contribution is 2.50. The lowest BCUT2D eigenvalue weighted by atomic mass is 9.73. The zero-order valence-corrected chi connectivity index (χ0v) is 12.2. The molecule has 3 nitrogen and oxygen atoms in total. The molecule has 1 aliphatic rings. The summed E-state index contributed by atoms with van der Waals surface area (Å²) in [6.45, 7) is 10.2. The predicted molar refractivity (Wildman–Crippen MR) is 72.1 cm³/mol. The van der Waals surface area contributed by atoms with E-state index in [0.717, 1.165) is 6.42 Å². The van der Waals surface area contributed by atoms with Crippen molar-refractivity contribution in [2.75, 3.05) is 6.61 Å². The zero-order chi connectivity index (χ0) is 14.0. The number of ether oxygens (including phenoxy) is 1. The van der Waals surface area contributed by atoms with E-state index in [9.17, 15) is 9.90 Å². The summed E-state index contributed by atoms with van der Waals surface area (Å²) in [6.07, 6.45) is 4.19. The molecule has 3 heteroatoms. The Hall–Kier alpha value is -0.830. The van der Waals surface area contributed by atoms with Gasteiger partial charge in [-0.1, -0.05) is 25.5 Å². The van der Waals surface area contributed by atoms with Crippen molar-refractivity contribution >= 4 is 5.97 Å². The standard InChI is InChI=1S/C15H26O3/c1-11(2)7-6-10-18-13(16)12-8-9-15(5,17)14(12,3)4/h7,12,17H,6,8-10H2,1-5H3. The monoisotopic (exact) mass is 254 g/mol. The molecular weight excluding hydrogens is 228 g/mol. The molecule has 0 aliphatic heterocycles. The Morgan fingerprint density at radius 3 is 2.44 bits per heavy atom. The summed E-state index contributed by atoms with van der Waals surface area (Å²) in [7, 11) is 0. The molecule has 0 amide bonds. The van der Waals surface area contributed by atoms with Crippen molar-refractivity contribution in [3.63, 3.8) is 0 Å². The lowest BCUT2D eigenvalue weighted by Gasteiger charge is -2.36. The molecular formula is C15H26O3. The van der Waals surface area contributed by atoms with Gasteiger partial charge in [-0.25, -0.2) is 0 Å². The highest BCUT2D eigenvalue weighted by Gasteiger charge is 2.53. The van der Waals surface area contributed by atoms with Crippen LogP contribution in [0.25, 0.3) is 0 Å². The van der Waals surface area contributed by atoms with Gasteiger partial charge in [-0.2, -0.15) is 0 Å². The van der Waals surface area contributed by atoms with Crippen LogP contribution in [0.4, 0.5) is 0 Å². The second kappa shape index (κ2) is 5.43. The van der Waals surface area contributed by atoms with Crippen LogP contribution in [0.3, 0.4) is 0 Å². The summed E-state index contributed by atoms with van der Waals surface area (Å²) in [5, 5.41) is 10.3. The second-order valence-corrected chi connectivity index (χ2v) is 6.32. The van der Waals surface area contributed by atoms with E-state index in [4.69, 9.17) is 4.74 Å². The lowest BCUT2D eigenvalue weighted by Crippen LogP contribution is -2.42. The van der Waals surface area contributed by atoms with Gasteiger partial charge in [0.25, 0.3) is 0 Å². The van der Waals surface area contributed by atoms with Gasteiger partial charge < -0.3 is 9.84 Å². The van der Waals surface area contributed by atoms with Crippen molar-refractivity contribution in [2.24, 2.45) is 11.3 Å². The zero-order valence-electron chi connectivity index (χ0n) is 12.2. The van der Waals surface area contributed by atoms with Gasteiger partial charge in [-0.3, -0.25) is 4.79 Å². The minimum absolute atomic E-state index is 0.167. The minimum atomic E-state index is -0.781. The normalized spacial score (nSPS) is 30.0. The third-order valence-electron chi connectivity index (χ3n) is 4.38. The number of aliphatic hydroxyl groups is 1. The Labute approximate surface area is 110 Å². The largest absolute Gasteiger partial charge is 0.465 e. The summed E-state index contributed by atoms with van der Waals surface area (Å²) < 4.78 is 5.31. The van der Waals surface area contributed by atoms with Gasteiger partial charge in [-0.15, -0.1) is 0 Å². The van der Waals surface area contributed by atoms with Gasteiger partial charge in [0.2, 0.25) is 0 Å². The summed E-state index contributed by atoms with van der Waals surface area (Å²) in [4.78, 5) is 12.0. The summed E-state index contributed by atoms with van der Waals surface area (Å²) in [5.41, 5.74) is 0.0344. The second-order valence-electron chi connectivity index (χ2n) is 6.32. The first-order valence-corrected chi connectivity index (χ1v) is 6.71. The molecule has 2 unspecified atom stereocenters. The molecule has 1 fully saturated rings. The van der Waals surface area contributed by atoms with Crippen LogP contribution in [0.5, 0.6) is 0 Å². The van der Waals surface area contributed by atoms with E-state index in [2.05, 4.69) is 6.08 Å². The van der Waals surface area contributed by atoms with E-state index in [0.29, 0.717) is 19.4 Å². The number of rotatable bonds is 4.